The number of benzene rings is 1. The van der Waals surface area contributed by atoms with Crippen LogP contribution in [-0.4, -0.2) is 31.7 Å². The Balaban J connectivity index is 2.53. The number of primary sulfonamides is 1. The number of imide groups is 1. The minimum absolute atomic E-state index is 0.0972. The van der Waals surface area contributed by atoms with E-state index in [0.717, 1.165) is 11.0 Å². The number of carbonyl (C=O) groups is 2. The average Bonchev–Trinajstić information content (AvgIpc) is 2.53. The van der Waals surface area contributed by atoms with Crippen molar-refractivity contribution in [3.05, 3.63) is 29.3 Å². The van der Waals surface area contributed by atoms with E-state index in [1.54, 1.807) is 0 Å². The molecule has 1 heterocycles. The summed E-state index contributed by atoms with van der Waals surface area (Å²) in [6, 6.07) is 3.71. The van der Waals surface area contributed by atoms with Crippen LogP contribution in [0.3, 0.4) is 0 Å². The summed E-state index contributed by atoms with van der Waals surface area (Å²) in [5, 5.41) is 4.99. The molecule has 1 aliphatic heterocycles. The van der Waals surface area contributed by atoms with Crippen LogP contribution in [0.5, 0.6) is 0 Å². The van der Waals surface area contributed by atoms with Crippen molar-refractivity contribution in [1.82, 2.24) is 4.90 Å². The van der Waals surface area contributed by atoms with Crippen molar-refractivity contribution < 1.29 is 18.0 Å². The van der Waals surface area contributed by atoms with Crippen molar-refractivity contribution in [2.45, 2.75) is 18.2 Å². The Morgan fingerprint density at radius 3 is 2.33 bits per heavy atom. The van der Waals surface area contributed by atoms with E-state index in [4.69, 9.17) is 5.14 Å². The Labute approximate surface area is 104 Å². The number of rotatable bonds is 3. The lowest BCUT2D eigenvalue weighted by Crippen LogP contribution is -2.30. The first-order chi connectivity index (χ1) is 8.36. The number of fused-ring (bicyclic) bond motifs is 1. The minimum Gasteiger partial charge on any atom is -0.274 e. The zero-order chi connectivity index (χ0) is 13.5. The zero-order valence-corrected chi connectivity index (χ0v) is 10.5. The van der Waals surface area contributed by atoms with Gasteiger partial charge in [-0.1, -0.05) is 6.92 Å². The van der Waals surface area contributed by atoms with Gasteiger partial charge in [0, 0.05) is 6.54 Å². The van der Waals surface area contributed by atoms with Gasteiger partial charge in [0.05, 0.1) is 16.0 Å². The highest BCUT2D eigenvalue weighted by Crippen LogP contribution is 2.25. The highest BCUT2D eigenvalue weighted by atomic mass is 32.2. The molecular weight excluding hydrogens is 256 g/mol. The molecule has 0 atom stereocenters. The first kappa shape index (κ1) is 12.7. The van der Waals surface area contributed by atoms with Crippen LogP contribution >= 0.6 is 0 Å². The van der Waals surface area contributed by atoms with E-state index in [2.05, 4.69) is 0 Å². The topological polar surface area (TPSA) is 97.5 Å². The number of nitrogens with zero attached hydrogens (tertiary/aromatic N) is 1. The maximum atomic E-state index is 11.9. The third kappa shape index (κ3) is 1.91. The molecule has 18 heavy (non-hydrogen) atoms. The molecule has 1 aromatic rings. The van der Waals surface area contributed by atoms with Crippen LogP contribution in [0.2, 0.25) is 0 Å². The minimum atomic E-state index is -3.88. The molecule has 6 nitrogen and oxygen atoms in total. The van der Waals surface area contributed by atoms with E-state index in [0.29, 0.717) is 13.0 Å². The monoisotopic (exact) mass is 268 g/mol. The SMILES string of the molecule is CCCN1C(=O)c2ccc(S(N)(=O)=O)cc2C1=O. The highest BCUT2D eigenvalue weighted by Gasteiger charge is 2.35. The molecule has 2 amide bonds. The van der Waals surface area contributed by atoms with Crippen LogP contribution < -0.4 is 5.14 Å². The van der Waals surface area contributed by atoms with Crippen LogP contribution in [0.25, 0.3) is 0 Å². The second-order valence-corrected chi connectivity index (χ2v) is 5.58. The molecule has 0 aliphatic carbocycles. The third-order valence-electron chi connectivity index (χ3n) is 2.72. The van der Waals surface area contributed by atoms with Crippen LogP contribution in [0, 0.1) is 0 Å². The smallest absolute Gasteiger partial charge is 0.261 e. The van der Waals surface area contributed by atoms with Gasteiger partial charge in [0.15, 0.2) is 0 Å². The molecule has 1 aromatic carbocycles. The normalized spacial score (nSPS) is 15.1. The Kier molecular flexibility index (Phi) is 2.95. The predicted molar refractivity (Wildman–Crippen MR) is 63.5 cm³/mol. The highest BCUT2D eigenvalue weighted by molar-refractivity contribution is 7.89. The molecule has 0 unspecified atom stereocenters. The molecular formula is C11H12N2O4S. The van der Waals surface area contributed by atoms with E-state index in [1.807, 2.05) is 6.92 Å². The molecule has 2 rings (SSSR count). The van der Waals surface area contributed by atoms with Crippen molar-refractivity contribution in [3.63, 3.8) is 0 Å². The fourth-order valence-corrected chi connectivity index (χ4v) is 2.41. The van der Waals surface area contributed by atoms with Gasteiger partial charge in [-0.25, -0.2) is 13.6 Å². The standard InChI is InChI=1S/C11H12N2O4S/c1-2-5-13-10(14)8-4-3-7(18(12,16)17)6-9(8)11(13)15/h3-4,6H,2,5H2,1H3,(H2,12,16,17). The van der Waals surface area contributed by atoms with Gasteiger partial charge in [-0.2, -0.15) is 0 Å². The molecule has 96 valence electrons. The van der Waals surface area contributed by atoms with Gasteiger partial charge in [0.25, 0.3) is 11.8 Å². The second-order valence-electron chi connectivity index (χ2n) is 4.01. The van der Waals surface area contributed by atoms with Gasteiger partial charge >= 0.3 is 0 Å². The van der Waals surface area contributed by atoms with E-state index in [9.17, 15) is 18.0 Å². The number of carbonyl (C=O) groups excluding carboxylic acids is 2. The molecule has 1 aliphatic rings. The average molecular weight is 268 g/mol. The van der Waals surface area contributed by atoms with Gasteiger partial charge in [-0.05, 0) is 24.6 Å². The fourth-order valence-electron chi connectivity index (χ4n) is 1.87. The number of nitrogens with two attached hydrogens (primary N) is 1. The quantitative estimate of drug-likeness (QED) is 0.799. The maximum Gasteiger partial charge on any atom is 0.261 e. The van der Waals surface area contributed by atoms with Crippen LogP contribution in [0.1, 0.15) is 34.1 Å². The van der Waals surface area contributed by atoms with E-state index >= 15 is 0 Å². The van der Waals surface area contributed by atoms with Crippen molar-refractivity contribution >= 4 is 21.8 Å². The van der Waals surface area contributed by atoms with Crippen molar-refractivity contribution in [1.29, 1.82) is 0 Å². The molecule has 0 saturated heterocycles. The Morgan fingerprint density at radius 2 is 1.78 bits per heavy atom. The molecule has 0 bridgehead atoms. The Morgan fingerprint density at radius 1 is 1.17 bits per heavy atom. The van der Waals surface area contributed by atoms with Crippen LogP contribution in [-0.2, 0) is 10.0 Å². The van der Waals surface area contributed by atoms with Crippen molar-refractivity contribution in [3.8, 4) is 0 Å². The lowest BCUT2D eigenvalue weighted by molar-refractivity contribution is 0.0654. The maximum absolute atomic E-state index is 11.9. The summed E-state index contributed by atoms with van der Waals surface area (Å²) in [5.74, 6) is -0.861. The van der Waals surface area contributed by atoms with Gasteiger partial charge in [0.2, 0.25) is 10.0 Å². The van der Waals surface area contributed by atoms with E-state index in [-0.39, 0.29) is 16.0 Å². The van der Waals surface area contributed by atoms with Gasteiger partial charge in [0.1, 0.15) is 0 Å². The van der Waals surface area contributed by atoms with Crippen molar-refractivity contribution in [2.24, 2.45) is 5.14 Å². The fraction of sp³-hybridized carbons (Fsp3) is 0.273. The van der Waals surface area contributed by atoms with E-state index in [1.165, 1.54) is 12.1 Å². The number of hydrogen-bond donors (Lipinski definition) is 1. The first-order valence-corrected chi connectivity index (χ1v) is 6.94. The van der Waals surface area contributed by atoms with Gasteiger partial charge in [-0.15, -0.1) is 0 Å². The molecule has 0 saturated carbocycles. The van der Waals surface area contributed by atoms with Gasteiger partial charge in [-0.3, -0.25) is 14.5 Å². The molecule has 0 fully saturated rings. The predicted octanol–water partition coefficient (Wildman–Crippen LogP) is 0.340. The van der Waals surface area contributed by atoms with Crippen molar-refractivity contribution in [2.75, 3.05) is 6.54 Å². The summed E-state index contributed by atoms with van der Waals surface area (Å²) in [4.78, 5) is 24.8. The van der Waals surface area contributed by atoms with E-state index < -0.39 is 21.8 Å². The summed E-state index contributed by atoms with van der Waals surface area (Å²) in [5.41, 5.74) is 0.320. The number of hydrogen-bond acceptors (Lipinski definition) is 4. The summed E-state index contributed by atoms with van der Waals surface area (Å²) < 4.78 is 22.4. The van der Waals surface area contributed by atoms with Crippen LogP contribution in [0.4, 0.5) is 0 Å². The lowest BCUT2D eigenvalue weighted by Gasteiger charge is -2.11. The molecule has 0 spiro atoms. The Hall–Kier alpha value is -1.73. The molecule has 0 radical (unpaired) electrons. The Bertz CT molecular complexity index is 636. The lowest BCUT2D eigenvalue weighted by atomic mass is 10.1. The van der Waals surface area contributed by atoms with Crippen LogP contribution in [0.15, 0.2) is 23.1 Å². The molecule has 2 N–H and O–H groups in total. The summed E-state index contributed by atoms with van der Waals surface area (Å²) in [7, 11) is -3.88. The largest absolute Gasteiger partial charge is 0.274 e. The number of sulfonamides is 1. The summed E-state index contributed by atoms with van der Waals surface area (Å²) >= 11 is 0. The summed E-state index contributed by atoms with van der Waals surface area (Å²) in [6.45, 7) is 2.16. The number of amides is 2. The first-order valence-electron chi connectivity index (χ1n) is 5.39. The second kappa shape index (κ2) is 4.18. The third-order valence-corrected chi connectivity index (χ3v) is 3.63. The van der Waals surface area contributed by atoms with Gasteiger partial charge < -0.3 is 0 Å². The zero-order valence-electron chi connectivity index (χ0n) is 9.71. The molecule has 7 heteroatoms. The molecule has 0 aromatic heterocycles. The summed E-state index contributed by atoms with van der Waals surface area (Å²) in [6.07, 6.45) is 0.646.